The second kappa shape index (κ2) is 6.26. The molecule has 8 nitrogen and oxygen atoms in total. The van der Waals surface area contributed by atoms with Crippen LogP contribution in [-0.4, -0.2) is 43.6 Å². The third kappa shape index (κ3) is 2.20. The van der Waals surface area contributed by atoms with Gasteiger partial charge in [-0.05, 0) is 24.1 Å². The van der Waals surface area contributed by atoms with Crippen molar-refractivity contribution in [2.45, 2.75) is 44.1 Å². The third-order valence-corrected chi connectivity index (χ3v) is 7.06. The number of aromatic nitrogens is 2. The summed E-state index contributed by atoms with van der Waals surface area (Å²) in [6, 6.07) is 12.5. The average molecular weight is 430 g/mol. The molecule has 0 bridgehead atoms. The van der Waals surface area contributed by atoms with E-state index in [1.54, 1.807) is 41.3 Å². The summed E-state index contributed by atoms with van der Waals surface area (Å²) in [4.78, 5) is 48.0. The predicted molar refractivity (Wildman–Crippen MR) is 117 cm³/mol. The van der Waals surface area contributed by atoms with E-state index in [4.69, 9.17) is 0 Å². The van der Waals surface area contributed by atoms with Crippen molar-refractivity contribution in [3.8, 4) is 0 Å². The number of carbonyl (C=O) groups is 2. The van der Waals surface area contributed by atoms with Gasteiger partial charge in [-0.15, -0.1) is 0 Å². The lowest BCUT2D eigenvalue weighted by Crippen LogP contribution is -2.61. The summed E-state index contributed by atoms with van der Waals surface area (Å²) in [6.45, 7) is 3.77. The Bertz CT molecular complexity index is 1370. The van der Waals surface area contributed by atoms with Crippen LogP contribution in [0.1, 0.15) is 31.9 Å². The molecule has 1 unspecified atom stereocenters. The number of amides is 2. The van der Waals surface area contributed by atoms with Crippen LogP contribution in [0.15, 0.2) is 59.7 Å². The second-order valence-corrected chi connectivity index (χ2v) is 9.15. The van der Waals surface area contributed by atoms with Gasteiger partial charge in [-0.25, -0.2) is 4.98 Å². The minimum atomic E-state index is -1.49. The highest BCUT2D eigenvalue weighted by molar-refractivity contribution is 6.07. The lowest BCUT2D eigenvalue weighted by Gasteiger charge is -2.45. The van der Waals surface area contributed by atoms with Crippen molar-refractivity contribution in [3.63, 3.8) is 0 Å². The van der Waals surface area contributed by atoms with Gasteiger partial charge >= 0.3 is 0 Å². The first-order valence-electron chi connectivity index (χ1n) is 10.8. The highest BCUT2D eigenvalue weighted by atomic mass is 16.3. The summed E-state index contributed by atoms with van der Waals surface area (Å²) in [5.41, 5.74) is -0.0619. The van der Waals surface area contributed by atoms with Crippen LogP contribution in [0, 0.1) is 5.92 Å². The molecule has 0 saturated carbocycles. The molecule has 2 amide bonds. The molecule has 2 aromatic carbocycles. The molecule has 2 saturated heterocycles. The van der Waals surface area contributed by atoms with E-state index >= 15 is 0 Å². The van der Waals surface area contributed by atoms with Crippen molar-refractivity contribution in [3.05, 3.63) is 70.8 Å². The SMILES string of the molecule is CC(C)[C@H]1C(=O)N2c3ccccc3[C@]3(O)C[C@@H](n4cnc5ccccc5c4=O)C(=O)N1C23. The van der Waals surface area contributed by atoms with E-state index in [2.05, 4.69) is 4.98 Å². The fraction of sp³-hybridized carbons (Fsp3) is 0.333. The second-order valence-electron chi connectivity index (χ2n) is 9.15. The Kier molecular flexibility index (Phi) is 3.75. The predicted octanol–water partition coefficient (Wildman–Crippen LogP) is 1.77. The average Bonchev–Trinajstić information content (AvgIpc) is 3.24. The molecule has 3 aromatic rings. The zero-order chi connectivity index (χ0) is 22.4. The molecule has 8 heteroatoms. The Labute approximate surface area is 183 Å². The number of anilines is 1. The summed E-state index contributed by atoms with van der Waals surface area (Å²) in [5.74, 6) is -0.703. The van der Waals surface area contributed by atoms with Crippen molar-refractivity contribution < 1.29 is 14.7 Å². The fourth-order valence-electron chi connectivity index (χ4n) is 5.70. The molecule has 1 aromatic heterocycles. The largest absolute Gasteiger partial charge is 0.381 e. The first-order chi connectivity index (χ1) is 15.3. The molecule has 6 rings (SSSR count). The molecule has 3 aliphatic rings. The van der Waals surface area contributed by atoms with Gasteiger partial charge < -0.3 is 10.0 Å². The van der Waals surface area contributed by atoms with Gasteiger partial charge in [0.25, 0.3) is 11.5 Å². The fourth-order valence-corrected chi connectivity index (χ4v) is 5.70. The minimum Gasteiger partial charge on any atom is -0.381 e. The molecule has 3 aliphatic heterocycles. The van der Waals surface area contributed by atoms with Gasteiger partial charge in [0.2, 0.25) is 5.91 Å². The van der Waals surface area contributed by atoms with E-state index in [0.29, 0.717) is 22.2 Å². The van der Waals surface area contributed by atoms with Gasteiger partial charge in [0.1, 0.15) is 23.9 Å². The number of piperidine rings is 1. The normalized spacial score (nSPS) is 28.6. The van der Waals surface area contributed by atoms with Crippen LogP contribution in [-0.2, 0) is 15.2 Å². The summed E-state index contributed by atoms with van der Waals surface area (Å²) < 4.78 is 1.31. The summed E-state index contributed by atoms with van der Waals surface area (Å²) in [5, 5.41) is 12.4. The van der Waals surface area contributed by atoms with Gasteiger partial charge in [0.15, 0.2) is 0 Å². The van der Waals surface area contributed by atoms with Gasteiger partial charge in [0, 0.05) is 12.0 Å². The quantitative estimate of drug-likeness (QED) is 0.669. The third-order valence-electron chi connectivity index (χ3n) is 7.06. The van der Waals surface area contributed by atoms with Crippen molar-refractivity contribution in [1.82, 2.24) is 14.5 Å². The molecule has 0 radical (unpaired) electrons. The zero-order valence-corrected chi connectivity index (χ0v) is 17.7. The number of rotatable bonds is 2. The van der Waals surface area contributed by atoms with Crippen LogP contribution >= 0.6 is 0 Å². The van der Waals surface area contributed by atoms with Crippen molar-refractivity contribution in [2.75, 3.05) is 4.90 Å². The Morgan fingerprint density at radius 3 is 2.53 bits per heavy atom. The molecule has 4 heterocycles. The Morgan fingerprint density at radius 1 is 1.03 bits per heavy atom. The topological polar surface area (TPSA) is 95.7 Å². The number of benzene rings is 2. The number of aliphatic hydroxyl groups is 1. The van der Waals surface area contributed by atoms with Crippen LogP contribution in [0.25, 0.3) is 10.9 Å². The molecule has 2 fully saturated rings. The summed E-state index contributed by atoms with van der Waals surface area (Å²) >= 11 is 0. The molecule has 162 valence electrons. The van der Waals surface area contributed by atoms with Crippen LogP contribution in [0.5, 0.6) is 0 Å². The van der Waals surface area contributed by atoms with Crippen molar-refractivity contribution >= 4 is 28.4 Å². The van der Waals surface area contributed by atoms with Gasteiger partial charge in [-0.1, -0.05) is 44.2 Å². The molecular weight excluding hydrogens is 408 g/mol. The summed E-state index contributed by atoms with van der Waals surface area (Å²) in [7, 11) is 0. The monoisotopic (exact) mass is 430 g/mol. The van der Waals surface area contributed by atoms with Crippen LogP contribution in [0.2, 0.25) is 0 Å². The van der Waals surface area contributed by atoms with Gasteiger partial charge in [0.05, 0.1) is 22.9 Å². The number of para-hydroxylation sites is 2. The molecular formula is C24H22N4O4. The van der Waals surface area contributed by atoms with E-state index in [9.17, 15) is 19.5 Å². The molecule has 4 atom stereocenters. The zero-order valence-electron chi connectivity index (χ0n) is 17.7. The van der Waals surface area contributed by atoms with E-state index in [0.717, 1.165) is 0 Å². The molecule has 0 spiro atoms. The maximum atomic E-state index is 13.8. The maximum absolute atomic E-state index is 13.8. The van der Waals surface area contributed by atoms with E-state index in [1.807, 2.05) is 26.0 Å². The highest BCUT2D eigenvalue weighted by Crippen LogP contribution is 2.55. The van der Waals surface area contributed by atoms with E-state index in [-0.39, 0.29) is 29.7 Å². The smallest absolute Gasteiger partial charge is 0.261 e. The number of hydrogen-bond donors (Lipinski definition) is 1. The maximum Gasteiger partial charge on any atom is 0.261 e. The minimum absolute atomic E-state index is 0.0153. The van der Waals surface area contributed by atoms with Crippen LogP contribution in [0.4, 0.5) is 5.69 Å². The lowest BCUT2D eigenvalue weighted by molar-refractivity contribution is -0.160. The molecule has 0 aliphatic carbocycles. The Balaban J connectivity index is 1.58. The number of hydrogen-bond acceptors (Lipinski definition) is 5. The highest BCUT2D eigenvalue weighted by Gasteiger charge is 2.67. The number of carbonyl (C=O) groups excluding carboxylic acids is 2. The first kappa shape index (κ1) is 19.2. The van der Waals surface area contributed by atoms with Gasteiger partial charge in [-0.2, -0.15) is 0 Å². The lowest BCUT2D eigenvalue weighted by atomic mass is 9.81. The van der Waals surface area contributed by atoms with Crippen LogP contribution in [0.3, 0.4) is 0 Å². The van der Waals surface area contributed by atoms with Crippen molar-refractivity contribution in [2.24, 2.45) is 5.92 Å². The van der Waals surface area contributed by atoms with Gasteiger partial charge in [-0.3, -0.25) is 23.9 Å². The summed E-state index contributed by atoms with van der Waals surface area (Å²) in [6.07, 6.45) is 0.545. The van der Waals surface area contributed by atoms with Crippen molar-refractivity contribution in [1.29, 1.82) is 0 Å². The Hall–Kier alpha value is -3.52. The number of fused-ring (bicyclic) bond motifs is 4. The van der Waals surface area contributed by atoms with E-state index in [1.165, 1.54) is 15.8 Å². The first-order valence-corrected chi connectivity index (χ1v) is 10.8. The standard InChI is InChI=1S/C24H22N4O4/c1-13(2)19-22(31)27-17-10-6-4-8-15(17)24(32)11-18(21(30)28(19)23(24)27)26-12-25-16-9-5-3-7-14(16)20(26)29/h3-10,12-13,18-19,23,32H,11H2,1-2H3/t18-,19+,23?,24-/m1/s1. The van der Waals surface area contributed by atoms with E-state index < -0.39 is 23.9 Å². The molecule has 32 heavy (non-hydrogen) atoms. The van der Waals surface area contributed by atoms with Crippen LogP contribution < -0.4 is 10.5 Å². The molecule has 1 N–H and O–H groups in total. The Morgan fingerprint density at radius 2 is 1.75 bits per heavy atom. The number of nitrogens with zero attached hydrogens (tertiary/aromatic N) is 4.